The number of carbonyl (C=O) groups excluding carboxylic acids is 2. The quantitative estimate of drug-likeness (QED) is 0.839. The van der Waals surface area contributed by atoms with Crippen molar-refractivity contribution in [2.24, 2.45) is 11.7 Å². The van der Waals surface area contributed by atoms with Crippen molar-refractivity contribution >= 4 is 24.2 Å². The van der Waals surface area contributed by atoms with E-state index in [2.05, 4.69) is 19.2 Å². The average Bonchev–Trinajstić information content (AvgIpc) is 2.55. The number of hydrogen-bond acceptors (Lipinski definition) is 3. The van der Waals surface area contributed by atoms with Gasteiger partial charge in [-0.15, -0.1) is 12.4 Å². The second-order valence-corrected chi connectivity index (χ2v) is 7.29. The first-order chi connectivity index (χ1) is 11.3. The molecule has 1 atom stereocenters. The van der Waals surface area contributed by atoms with E-state index in [9.17, 15) is 9.59 Å². The number of rotatable bonds is 5. The van der Waals surface area contributed by atoms with Crippen molar-refractivity contribution in [2.75, 3.05) is 13.1 Å². The Morgan fingerprint density at radius 2 is 1.80 bits per heavy atom. The number of nitrogens with one attached hydrogen (secondary N) is 1. The van der Waals surface area contributed by atoms with Gasteiger partial charge < -0.3 is 16.0 Å². The van der Waals surface area contributed by atoms with E-state index >= 15 is 0 Å². The zero-order valence-corrected chi connectivity index (χ0v) is 16.1. The van der Waals surface area contributed by atoms with Gasteiger partial charge in [0.05, 0.1) is 0 Å². The molecule has 140 valence electrons. The Labute approximate surface area is 156 Å². The van der Waals surface area contributed by atoms with Gasteiger partial charge in [-0.2, -0.15) is 0 Å². The van der Waals surface area contributed by atoms with Gasteiger partial charge in [0.1, 0.15) is 5.54 Å². The lowest BCUT2D eigenvalue weighted by molar-refractivity contribution is -0.133. The molecule has 1 aliphatic rings. The number of benzene rings is 1. The lowest BCUT2D eigenvalue weighted by Gasteiger charge is -2.34. The Hall–Kier alpha value is -1.59. The maximum absolute atomic E-state index is 12.6. The summed E-state index contributed by atoms with van der Waals surface area (Å²) < 4.78 is 0. The van der Waals surface area contributed by atoms with Crippen molar-refractivity contribution < 1.29 is 9.59 Å². The Balaban J connectivity index is 0.00000312. The average molecular weight is 368 g/mol. The summed E-state index contributed by atoms with van der Waals surface area (Å²) in [6, 6.07) is 9.48. The van der Waals surface area contributed by atoms with Crippen LogP contribution in [0.1, 0.15) is 45.6 Å². The summed E-state index contributed by atoms with van der Waals surface area (Å²) in [7, 11) is 0. The molecule has 2 amide bonds. The van der Waals surface area contributed by atoms with E-state index in [1.165, 1.54) is 0 Å². The monoisotopic (exact) mass is 367 g/mol. The zero-order chi connectivity index (χ0) is 17.7. The first-order valence-corrected chi connectivity index (χ1v) is 8.74. The Bertz CT molecular complexity index is 567. The standard InChI is InChI=1S/C19H29N3O2.ClH/c1-14(2)13-17(23)22-11-9-16(10-12-22)21-18(24)19(3,20)15-7-5-4-6-8-15;/h4-8,14,16H,9-13,20H2,1-3H3,(H,21,24);1H. The minimum Gasteiger partial charge on any atom is -0.351 e. The number of amides is 2. The van der Waals surface area contributed by atoms with Crippen LogP contribution < -0.4 is 11.1 Å². The highest BCUT2D eigenvalue weighted by atomic mass is 35.5. The van der Waals surface area contributed by atoms with Crippen LogP contribution in [0.2, 0.25) is 0 Å². The topological polar surface area (TPSA) is 75.4 Å². The molecule has 25 heavy (non-hydrogen) atoms. The largest absolute Gasteiger partial charge is 0.351 e. The molecule has 0 saturated carbocycles. The van der Waals surface area contributed by atoms with Crippen LogP contribution in [0.4, 0.5) is 0 Å². The van der Waals surface area contributed by atoms with Crippen LogP contribution in [0.3, 0.4) is 0 Å². The van der Waals surface area contributed by atoms with Crippen molar-refractivity contribution in [3.8, 4) is 0 Å². The minimum atomic E-state index is -1.05. The molecule has 1 unspecified atom stereocenters. The smallest absolute Gasteiger partial charge is 0.244 e. The predicted molar refractivity (Wildman–Crippen MR) is 102 cm³/mol. The number of nitrogens with zero attached hydrogens (tertiary/aromatic N) is 1. The molecule has 1 aromatic rings. The summed E-state index contributed by atoms with van der Waals surface area (Å²) in [5.41, 5.74) is 6.00. The molecule has 0 aromatic heterocycles. The molecule has 6 heteroatoms. The van der Waals surface area contributed by atoms with Crippen LogP contribution in [-0.4, -0.2) is 35.8 Å². The molecule has 0 radical (unpaired) electrons. The van der Waals surface area contributed by atoms with Crippen molar-refractivity contribution in [1.82, 2.24) is 10.2 Å². The highest BCUT2D eigenvalue weighted by Crippen LogP contribution is 2.19. The van der Waals surface area contributed by atoms with Gasteiger partial charge in [0.15, 0.2) is 0 Å². The Morgan fingerprint density at radius 1 is 1.24 bits per heavy atom. The van der Waals surface area contributed by atoms with Gasteiger partial charge in [-0.25, -0.2) is 0 Å². The summed E-state index contributed by atoms with van der Waals surface area (Å²) in [5, 5.41) is 3.06. The van der Waals surface area contributed by atoms with Gasteiger partial charge in [0.25, 0.3) is 0 Å². The van der Waals surface area contributed by atoms with E-state index in [1.807, 2.05) is 35.2 Å². The summed E-state index contributed by atoms with van der Waals surface area (Å²) in [5.74, 6) is 0.419. The second-order valence-electron chi connectivity index (χ2n) is 7.29. The van der Waals surface area contributed by atoms with E-state index < -0.39 is 5.54 Å². The van der Waals surface area contributed by atoms with Gasteiger partial charge in [-0.3, -0.25) is 9.59 Å². The van der Waals surface area contributed by atoms with Gasteiger partial charge in [-0.1, -0.05) is 44.2 Å². The highest BCUT2D eigenvalue weighted by Gasteiger charge is 2.33. The van der Waals surface area contributed by atoms with E-state index in [1.54, 1.807) is 6.92 Å². The van der Waals surface area contributed by atoms with Gasteiger partial charge in [0, 0.05) is 25.6 Å². The number of carbonyl (C=O) groups is 2. The van der Waals surface area contributed by atoms with Crippen LogP contribution >= 0.6 is 12.4 Å². The molecule has 0 bridgehead atoms. The molecule has 1 fully saturated rings. The van der Waals surface area contributed by atoms with Crippen LogP contribution in [0, 0.1) is 5.92 Å². The number of piperidine rings is 1. The fourth-order valence-electron chi connectivity index (χ4n) is 3.00. The number of halogens is 1. The lowest BCUT2D eigenvalue weighted by Crippen LogP contribution is -2.54. The zero-order valence-electron chi connectivity index (χ0n) is 15.3. The van der Waals surface area contributed by atoms with Gasteiger partial charge >= 0.3 is 0 Å². The summed E-state index contributed by atoms with van der Waals surface area (Å²) in [6.07, 6.45) is 2.15. The molecule has 1 heterocycles. The van der Waals surface area contributed by atoms with Crippen molar-refractivity contribution in [1.29, 1.82) is 0 Å². The van der Waals surface area contributed by atoms with Crippen LogP contribution in [0.15, 0.2) is 30.3 Å². The Morgan fingerprint density at radius 3 is 2.32 bits per heavy atom. The third kappa shape index (κ3) is 5.72. The normalized spacial score (nSPS) is 17.6. The van der Waals surface area contributed by atoms with E-state index in [0.717, 1.165) is 18.4 Å². The third-order valence-electron chi connectivity index (χ3n) is 4.61. The molecular formula is C19H30ClN3O2. The van der Waals surface area contributed by atoms with E-state index in [-0.39, 0.29) is 30.3 Å². The molecular weight excluding hydrogens is 338 g/mol. The maximum atomic E-state index is 12.6. The molecule has 2 rings (SSSR count). The second kappa shape index (κ2) is 9.20. The Kier molecular flexibility index (Phi) is 7.90. The molecule has 1 saturated heterocycles. The number of likely N-dealkylation sites (tertiary alicyclic amines) is 1. The first kappa shape index (κ1) is 21.5. The van der Waals surface area contributed by atoms with Gasteiger partial charge in [-0.05, 0) is 31.2 Å². The first-order valence-electron chi connectivity index (χ1n) is 8.74. The number of nitrogens with two attached hydrogens (primary N) is 1. The fraction of sp³-hybridized carbons (Fsp3) is 0.579. The summed E-state index contributed by atoms with van der Waals surface area (Å²) >= 11 is 0. The van der Waals surface area contributed by atoms with Crippen molar-refractivity contribution in [3.05, 3.63) is 35.9 Å². The van der Waals surface area contributed by atoms with Gasteiger partial charge in [0.2, 0.25) is 11.8 Å². The van der Waals surface area contributed by atoms with E-state index in [4.69, 9.17) is 5.73 Å². The molecule has 0 aliphatic carbocycles. The molecule has 0 spiro atoms. The van der Waals surface area contributed by atoms with Crippen molar-refractivity contribution in [3.63, 3.8) is 0 Å². The SMILES string of the molecule is CC(C)CC(=O)N1CCC(NC(=O)C(C)(N)c2ccccc2)CC1.Cl. The predicted octanol–water partition coefficient (Wildman–Crippen LogP) is 2.44. The van der Waals surface area contributed by atoms with Crippen LogP contribution in [0.25, 0.3) is 0 Å². The molecule has 1 aromatic carbocycles. The molecule has 3 N–H and O–H groups in total. The molecule has 5 nitrogen and oxygen atoms in total. The molecule has 1 aliphatic heterocycles. The van der Waals surface area contributed by atoms with Crippen LogP contribution in [0.5, 0.6) is 0 Å². The van der Waals surface area contributed by atoms with Crippen molar-refractivity contribution in [2.45, 2.75) is 51.6 Å². The highest BCUT2D eigenvalue weighted by molar-refractivity contribution is 5.87. The summed E-state index contributed by atoms with van der Waals surface area (Å²) in [6.45, 7) is 7.23. The lowest BCUT2D eigenvalue weighted by atomic mass is 9.91. The summed E-state index contributed by atoms with van der Waals surface area (Å²) in [4.78, 5) is 26.6. The minimum absolute atomic E-state index is 0. The number of hydrogen-bond donors (Lipinski definition) is 2. The fourth-order valence-corrected chi connectivity index (χ4v) is 3.00. The van der Waals surface area contributed by atoms with E-state index in [0.29, 0.717) is 25.4 Å². The van der Waals surface area contributed by atoms with Crippen LogP contribution in [-0.2, 0) is 15.1 Å². The maximum Gasteiger partial charge on any atom is 0.244 e. The third-order valence-corrected chi connectivity index (χ3v) is 4.61.